The van der Waals surface area contributed by atoms with Crippen LogP contribution in [0.5, 0.6) is 0 Å². The van der Waals surface area contributed by atoms with Gasteiger partial charge in [-0.2, -0.15) is 10.2 Å². The molecule has 0 aliphatic heterocycles. The first-order valence-corrected chi connectivity index (χ1v) is 8.44. The molecule has 1 amide bonds. The van der Waals surface area contributed by atoms with Crippen molar-refractivity contribution in [1.82, 2.24) is 24.5 Å². The summed E-state index contributed by atoms with van der Waals surface area (Å²) >= 11 is 0. The Labute approximate surface area is 147 Å². The Hall–Kier alpha value is -2.64. The molecule has 8 nitrogen and oxygen atoms in total. The molecule has 0 unspecified atom stereocenters. The molecule has 2 heterocycles. The summed E-state index contributed by atoms with van der Waals surface area (Å²) in [5.74, 6) is -1.08. The van der Waals surface area contributed by atoms with Crippen LogP contribution in [0.15, 0.2) is 12.3 Å². The maximum absolute atomic E-state index is 12.6. The number of rotatable bonds is 8. The van der Waals surface area contributed by atoms with Crippen LogP contribution in [0, 0.1) is 13.8 Å². The van der Waals surface area contributed by atoms with E-state index in [4.69, 9.17) is 5.11 Å². The van der Waals surface area contributed by atoms with Crippen molar-refractivity contribution < 1.29 is 14.7 Å². The highest BCUT2D eigenvalue weighted by molar-refractivity contribution is 5.85. The topological polar surface area (TPSA) is 93.3 Å². The van der Waals surface area contributed by atoms with Crippen molar-refractivity contribution in [1.29, 1.82) is 0 Å². The maximum atomic E-state index is 12.6. The number of amides is 1. The second kappa shape index (κ2) is 7.96. The molecule has 0 saturated heterocycles. The Balaban J connectivity index is 2.05. The van der Waals surface area contributed by atoms with Crippen LogP contribution in [0.25, 0.3) is 0 Å². The average molecular weight is 347 g/mol. The molecular weight excluding hydrogens is 322 g/mol. The number of nitrogens with zero attached hydrogens (tertiary/aromatic N) is 5. The van der Waals surface area contributed by atoms with Crippen molar-refractivity contribution >= 4 is 11.9 Å². The predicted molar refractivity (Wildman–Crippen MR) is 92.3 cm³/mol. The largest absolute Gasteiger partial charge is 0.477 e. The third-order valence-corrected chi connectivity index (χ3v) is 4.39. The Morgan fingerprint density at radius 3 is 2.52 bits per heavy atom. The summed E-state index contributed by atoms with van der Waals surface area (Å²) in [6, 6.07) is 1.43. The van der Waals surface area contributed by atoms with Gasteiger partial charge in [0.1, 0.15) is 5.69 Å². The number of aromatic nitrogens is 4. The number of hydrogen-bond donors (Lipinski definition) is 1. The van der Waals surface area contributed by atoms with E-state index in [9.17, 15) is 9.59 Å². The van der Waals surface area contributed by atoms with Gasteiger partial charge in [-0.15, -0.1) is 0 Å². The highest BCUT2D eigenvalue weighted by Crippen LogP contribution is 2.16. The zero-order valence-electron chi connectivity index (χ0n) is 15.2. The van der Waals surface area contributed by atoms with E-state index >= 15 is 0 Å². The number of carbonyl (C=O) groups is 2. The zero-order valence-corrected chi connectivity index (χ0v) is 15.2. The molecule has 0 atom stereocenters. The minimum Gasteiger partial charge on any atom is -0.477 e. The molecule has 8 heteroatoms. The fourth-order valence-electron chi connectivity index (χ4n) is 2.89. The summed E-state index contributed by atoms with van der Waals surface area (Å²) in [5, 5.41) is 17.6. The van der Waals surface area contributed by atoms with Crippen molar-refractivity contribution in [2.45, 2.75) is 53.8 Å². The van der Waals surface area contributed by atoms with Crippen molar-refractivity contribution in [3.63, 3.8) is 0 Å². The fraction of sp³-hybridized carbons (Fsp3) is 0.529. The quantitative estimate of drug-likeness (QED) is 0.786. The van der Waals surface area contributed by atoms with Crippen molar-refractivity contribution in [3.8, 4) is 0 Å². The third kappa shape index (κ3) is 4.07. The van der Waals surface area contributed by atoms with E-state index in [0.717, 1.165) is 23.5 Å². The van der Waals surface area contributed by atoms with Crippen LogP contribution in [0.1, 0.15) is 47.7 Å². The van der Waals surface area contributed by atoms with Gasteiger partial charge in [0.05, 0.1) is 12.2 Å². The summed E-state index contributed by atoms with van der Waals surface area (Å²) in [6.07, 6.45) is 1.63. The van der Waals surface area contributed by atoms with Crippen LogP contribution in [0.4, 0.5) is 0 Å². The Morgan fingerprint density at radius 1 is 1.24 bits per heavy atom. The van der Waals surface area contributed by atoms with Crippen molar-refractivity contribution in [2.24, 2.45) is 0 Å². The highest BCUT2D eigenvalue weighted by atomic mass is 16.4. The second-order valence-electron chi connectivity index (χ2n) is 5.87. The lowest BCUT2D eigenvalue weighted by molar-refractivity contribution is -0.131. The number of aromatic carboxylic acids is 1. The molecule has 25 heavy (non-hydrogen) atoms. The summed E-state index contributed by atoms with van der Waals surface area (Å²) in [5.41, 5.74) is 3.17. The van der Waals surface area contributed by atoms with Gasteiger partial charge in [0.2, 0.25) is 5.91 Å². The molecule has 136 valence electrons. The van der Waals surface area contributed by atoms with Gasteiger partial charge < -0.3 is 10.0 Å². The van der Waals surface area contributed by atoms with Crippen molar-refractivity contribution in [3.05, 3.63) is 34.9 Å². The summed E-state index contributed by atoms with van der Waals surface area (Å²) in [4.78, 5) is 25.4. The van der Waals surface area contributed by atoms with Gasteiger partial charge in [-0.3, -0.25) is 14.2 Å². The molecular formula is C17H25N5O3. The molecule has 0 bridgehead atoms. The Kier molecular flexibility index (Phi) is 5.95. The van der Waals surface area contributed by atoms with E-state index in [2.05, 4.69) is 10.2 Å². The predicted octanol–water partition coefficient (Wildman–Crippen LogP) is 1.85. The zero-order chi connectivity index (χ0) is 18.6. The lowest BCUT2D eigenvalue weighted by atomic mass is 10.1. The first kappa shape index (κ1) is 18.7. The van der Waals surface area contributed by atoms with Crippen LogP contribution < -0.4 is 0 Å². The van der Waals surface area contributed by atoms with E-state index < -0.39 is 5.97 Å². The molecule has 0 aliphatic rings. The molecule has 0 saturated carbocycles. The minimum absolute atomic E-state index is 0.0302. The number of aryl methyl sites for hydroxylation is 3. The molecule has 0 fully saturated rings. The van der Waals surface area contributed by atoms with Crippen molar-refractivity contribution in [2.75, 3.05) is 6.54 Å². The molecule has 0 radical (unpaired) electrons. The van der Waals surface area contributed by atoms with Gasteiger partial charge in [0.25, 0.3) is 0 Å². The number of hydrogen-bond acceptors (Lipinski definition) is 4. The Bertz CT molecular complexity index is 762. The molecule has 0 aromatic carbocycles. The maximum Gasteiger partial charge on any atom is 0.354 e. The van der Waals surface area contributed by atoms with Crippen LogP contribution in [-0.2, 0) is 24.4 Å². The SMILES string of the molecule is CCN(Cc1c(C)nn(CC)c1C)C(=O)CCn1nccc1C(=O)O. The van der Waals surface area contributed by atoms with Gasteiger partial charge in [-0.1, -0.05) is 0 Å². The van der Waals surface area contributed by atoms with Crippen LogP contribution in [-0.4, -0.2) is 48.0 Å². The number of carbonyl (C=O) groups excluding carboxylic acids is 1. The van der Waals surface area contributed by atoms with Gasteiger partial charge in [-0.05, 0) is 33.8 Å². The van der Waals surface area contributed by atoms with E-state index in [1.165, 1.54) is 16.9 Å². The fourth-order valence-corrected chi connectivity index (χ4v) is 2.89. The normalized spacial score (nSPS) is 10.9. The highest BCUT2D eigenvalue weighted by Gasteiger charge is 2.19. The number of carboxylic acids is 1. The lowest BCUT2D eigenvalue weighted by Gasteiger charge is -2.21. The van der Waals surface area contributed by atoms with Gasteiger partial charge in [0.15, 0.2) is 0 Å². The molecule has 2 aromatic heterocycles. The number of carboxylic acid groups (broad SMARTS) is 1. The van der Waals surface area contributed by atoms with Crippen LogP contribution >= 0.6 is 0 Å². The molecule has 1 N–H and O–H groups in total. The van der Waals surface area contributed by atoms with E-state index in [-0.39, 0.29) is 24.6 Å². The monoisotopic (exact) mass is 347 g/mol. The standard InChI is InChI=1S/C17H25N5O3/c1-5-20(11-14-12(3)19-21(6-2)13(14)4)16(23)8-10-22-15(17(24)25)7-9-18-22/h7,9H,5-6,8,10-11H2,1-4H3,(H,24,25). The van der Waals surface area contributed by atoms with Gasteiger partial charge in [0, 0.05) is 43.5 Å². The molecule has 0 spiro atoms. The minimum atomic E-state index is -1.05. The third-order valence-electron chi connectivity index (χ3n) is 4.39. The Morgan fingerprint density at radius 2 is 1.96 bits per heavy atom. The smallest absolute Gasteiger partial charge is 0.354 e. The van der Waals surface area contributed by atoms with E-state index in [1.54, 1.807) is 4.90 Å². The van der Waals surface area contributed by atoms with Gasteiger partial charge in [-0.25, -0.2) is 4.79 Å². The molecule has 2 rings (SSSR count). The van der Waals surface area contributed by atoms with E-state index in [0.29, 0.717) is 13.1 Å². The van der Waals surface area contributed by atoms with E-state index in [1.807, 2.05) is 32.4 Å². The first-order valence-electron chi connectivity index (χ1n) is 8.44. The molecule has 2 aromatic rings. The van der Waals surface area contributed by atoms with Crippen LogP contribution in [0.3, 0.4) is 0 Å². The molecule has 0 aliphatic carbocycles. The summed E-state index contributed by atoms with van der Waals surface area (Å²) in [6.45, 7) is 10.1. The summed E-state index contributed by atoms with van der Waals surface area (Å²) < 4.78 is 3.28. The average Bonchev–Trinajstić information content (AvgIpc) is 3.16. The lowest BCUT2D eigenvalue weighted by Crippen LogP contribution is -2.31. The first-order chi connectivity index (χ1) is 11.9. The summed E-state index contributed by atoms with van der Waals surface area (Å²) in [7, 11) is 0. The second-order valence-corrected chi connectivity index (χ2v) is 5.87. The van der Waals surface area contributed by atoms with Gasteiger partial charge >= 0.3 is 5.97 Å². The van der Waals surface area contributed by atoms with Crippen LogP contribution in [0.2, 0.25) is 0 Å².